The van der Waals surface area contributed by atoms with Crippen LogP contribution in [0, 0.1) is 22.0 Å². The van der Waals surface area contributed by atoms with E-state index in [0.717, 1.165) is 18.2 Å². The topological polar surface area (TPSA) is 64.4 Å². The lowest BCUT2D eigenvalue weighted by Gasteiger charge is -2.13. The predicted octanol–water partition coefficient (Wildman–Crippen LogP) is 3.45. The summed E-state index contributed by atoms with van der Waals surface area (Å²) in [7, 11) is 1.45. The van der Waals surface area contributed by atoms with Gasteiger partial charge in [0, 0.05) is 24.4 Å². The molecule has 1 aliphatic rings. The number of nitrogens with zero attached hydrogens (tertiary/aromatic N) is 1. The Morgan fingerprint density at radius 3 is 2.84 bits per heavy atom. The second kappa shape index (κ2) is 5.91. The fourth-order valence-corrected chi connectivity index (χ4v) is 2.71. The van der Waals surface area contributed by atoms with Crippen LogP contribution in [0.2, 0.25) is 0 Å². The first kappa shape index (κ1) is 13.6. The largest absolute Gasteiger partial charge is 0.490 e. The molecule has 0 aromatic heterocycles. The average Bonchev–Trinajstić information content (AvgIpc) is 2.81. The van der Waals surface area contributed by atoms with Crippen LogP contribution in [0.3, 0.4) is 0 Å². The number of rotatable bonds is 5. The summed E-state index contributed by atoms with van der Waals surface area (Å²) in [6.45, 7) is 3.21. The number of benzene rings is 1. The minimum Gasteiger partial charge on any atom is -0.490 e. The molecule has 5 nitrogen and oxygen atoms in total. The first-order chi connectivity index (χ1) is 9.10. The highest BCUT2D eigenvalue weighted by molar-refractivity contribution is 5.57. The van der Waals surface area contributed by atoms with Gasteiger partial charge in [-0.15, -0.1) is 0 Å². The Kier molecular flexibility index (Phi) is 4.24. The molecule has 0 amide bonds. The van der Waals surface area contributed by atoms with Crippen molar-refractivity contribution >= 4 is 11.4 Å². The van der Waals surface area contributed by atoms with Crippen molar-refractivity contribution in [2.24, 2.45) is 11.8 Å². The second-order valence-electron chi connectivity index (χ2n) is 5.31. The molecule has 2 rings (SSSR count). The Morgan fingerprint density at radius 1 is 1.47 bits per heavy atom. The van der Waals surface area contributed by atoms with E-state index < -0.39 is 4.92 Å². The summed E-state index contributed by atoms with van der Waals surface area (Å²) in [5.41, 5.74) is 0.879. The van der Waals surface area contributed by atoms with Gasteiger partial charge >= 0.3 is 5.69 Å². The number of hydrogen-bond acceptors (Lipinski definition) is 4. The van der Waals surface area contributed by atoms with Crippen molar-refractivity contribution in [3.8, 4) is 5.75 Å². The summed E-state index contributed by atoms with van der Waals surface area (Å²) in [5.74, 6) is 1.82. The third kappa shape index (κ3) is 3.36. The molecule has 1 aliphatic carbocycles. The van der Waals surface area contributed by atoms with E-state index in [4.69, 9.17) is 4.74 Å². The second-order valence-corrected chi connectivity index (χ2v) is 5.31. The fourth-order valence-electron chi connectivity index (χ4n) is 2.71. The van der Waals surface area contributed by atoms with Gasteiger partial charge in [-0.1, -0.05) is 13.3 Å². The third-order valence-corrected chi connectivity index (χ3v) is 3.77. The summed E-state index contributed by atoms with van der Waals surface area (Å²) < 4.78 is 5.05. The molecule has 2 unspecified atom stereocenters. The summed E-state index contributed by atoms with van der Waals surface area (Å²) in [6.07, 6.45) is 3.82. The first-order valence-electron chi connectivity index (χ1n) is 6.66. The molecule has 0 bridgehead atoms. The Hall–Kier alpha value is -1.78. The normalized spacial score (nSPS) is 22.2. The molecule has 1 saturated carbocycles. The molecule has 19 heavy (non-hydrogen) atoms. The highest BCUT2D eigenvalue weighted by Crippen LogP contribution is 2.32. The zero-order valence-electron chi connectivity index (χ0n) is 11.4. The monoisotopic (exact) mass is 264 g/mol. The molecule has 1 aromatic carbocycles. The minimum absolute atomic E-state index is 0.00235. The SMILES string of the molecule is COc1cc(NCC2CCC(C)C2)ccc1[N+](=O)[O-]. The summed E-state index contributed by atoms with van der Waals surface area (Å²) in [6, 6.07) is 4.91. The van der Waals surface area contributed by atoms with Gasteiger partial charge in [-0.2, -0.15) is 0 Å². The van der Waals surface area contributed by atoms with Gasteiger partial charge in [0.05, 0.1) is 12.0 Å². The first-order valence-corrected chi connectivity index (χ1v) is 6.66. The fraction of sp³-hybridized carbons (Fsp3) is 0.571. The lowest BCUT2D eigenvalue weighted by Crippen LogP contribution is -2.11. The molecule has 0 heterocycles. The maximum Gasteiger partial charge on any atom is 0.311 e. The van der Waals surface area contributed by atoms with Crippen LogP contribution in [0.15, 0.2) is 18.2 Å². The van der Waals surface area contributed by atoms with Crippen molar-refractivity contribution in [3.63, 3.8) is 0 Å². The van der Waals surface area contributed by atoms with Gasteiger partial charge in [0.25, 0.3) is 0 Å². The van der Waals surface area contributed by atoms with Gasteiger partial charge in [-0.25, -0.2) is 0 Å². The van der Waals surface area contributed by atoms with Gasteiger partial charge in [0.2, 0.25) is 0 Å². The van der Waals surface area contributed by atoms with Crippen LogP contribution in [0.1, 0.15) is 26.2 Å². The average molecular weight is 264 g/mol. The van der Waals surface area contributed by atoms with Crippen LogP contribution in [0.4, 0.5) is 11.4 Å². The molecular weight excluding hydrogens is 244 g/mol. The molecular formula is C14H20N2O3. The predicted molar refractivity (Wildman–Crippen MR) is 74.6 cm³/mol. The van der Waals surface area contributed by atoms with Crippen molar-refractivity contribution in [1.29, 1.82) is 0 Å². The van der Waals surface area contributed by atoms with Crippen molar-refractivity contribution in [2.45, 2.75) is 26.2 Å². The Morgan fingerprint density at radius 2 is 2.26 bits per heavy atom. The van der Waals surface area contributed by atoms with E-state index in [0.29, 0.717) is 11.7 Å². The standard InChI is InChI=1S/C14H20N2O3/c1-10-3-4-11(7-10)9-15-12-5-6-13(16(17)18)14(8-12)19-2/h5-6,8,10-11,15H,3-4,7,9H2,1-2H3. The number of ether oxygens (including phenoxy) is 1. The van der Waals surface area contributed by atoms with E-state index in [-0.39, 0.29) is 5.69 Å². The van der Waals surface area contributed by atoms with Crippen molar-refractivity contribution < 1.29 is 9.66 Å². The van der Waals surface area contributed by atoms with Crippen LogP contribution >= 0.6 is 0 Å². The molecule has 5 heteroatoms. The molecule has 0 saturated heterocycles. The number of nitrogens with one attached hydrogen (secondary N) is 1. The van der Waals surface area contributed by atoms with Gasteiger partial charge in [-0.3, -0.25) is 10.1 Å². The van der Waals surface area contributed by atoms with E-state index in [1.165, 1.54) is 32.4 Å². The number of nitro groups is 1. The summed E-state index contributed by atoms with van der Waals surface area (Å²) in [4.78, 5) is 10.4. The van der Waals surface area contributed by atoms with Crippen LogP contribution < -0.4 is 10.1 Å². The molecule has 1 aromatic rings. The molecule has 104 valence electrons. The number of methoxy groups -OCH3 is 1. The molecule has 0 radical (unpaired) electrons. The highest BCUT2D eigenvalue weighted by atomic mass is 16.6. The Bertz CT molecular complexity index is 462. The lowest BCUT2D eigenvalue weighted by atomic mass is 10.1. The van der Waals surface area contributed by atoms with Gasteiger partial charge in [0.15, 0.2) is 5.75 Å². The molecule has 2 atom stereocenters. The quantitative estimate of drug-likeness (QED) is 0.653. The number of nitro benzene ring substituents is 1. The van der Waals surface area contributed by atoms with Crippen LogP contribution in [0.5, 0.6) is 5.75 Å². The smallest absolute Gasteiger partial charge is 0.311 e. The molecule has 1 fully saturated rings. The van der Waals surface area contributed by atoms with Crippen molar-refractivity contribution in [3.05, 3.63) is 28.3 Å². The molecule has 1 N–H and O–H groups in total. The summed E-state index contributed by atoms with van der Waals surface area (Å²) in [5, 5.41) is 14.1. The van der Waals surface area contributed by atoms with E-state index in [2.05, 4.69) is 12.2 Å². The number of hydrogen-bond donors (Lipinski definition) is 1. The van der Waals surface area contributed by atoms with Crippen LogP contribution in [-0.2, 0) is 0 Å². The lowest BCUT2D eigenvalue weighted by molar-refractivity contribution is -0.385. The molecule has 0 spiro atoms. The van der Waals surface area contributed by atoms with E-state index in [9.17, 15) is 10.1 Å². The van der Waals surface area contributed by atoms with Crippen molar-refractivity contribution in [2.75, 3.05) is 19.0 Å². The van der Waals surface area contributed by atoms with Crippen LogP contribution in [0.25, 0.3) is 0 Å². The van der Waals surface area contributed by atoms with Gasteiger partial charge in [0.1, 0.15) is 0 Å². The zero-order chi connectivity index (χ0) is 13.8. The Labute approximate surface area is 113 Å². The van der Waals surface area contributed by atoms with E-state index >= 15 is 0 Å². The van der Waals surface area contributed by atoms with E-state index in [1.54, 1.807) is 12.1 Å². The Balaban J connectivity index is 1.99. The summed E-state index contributed by atoms with van der Waals surface area (Å²) >= 11 is 0. The minimum atomic E-state index is -0.429. The van der Waals surface area contributed by atoms with E-state index in [1.807, 2.05) is 0 Å². The maximum absolute atomic E-state index is 10.8. The highest BCUT2D eigenvalue weighted by Gasteiger charge is 2.21. The zero-order valence-corrected chi connectivity index (χ0v) is 11.4. The van der Waals surface area contributed by atoms with Crippen LogP contribution in [-0.4, -0.2) is 18.6 Å². The van der Waals surface area contributed by atoms with Gasteiger partial charge in [-0.05, 0) is 30.7 Å². The maximum atomic E-state index is 10.8. The third-order valence-electron chi connectivity index (χ3n) is 3.77. The number of anilines is 1. The van der Waals surface area contributed by atoms with Gasteiger partial charge < -0.3 is 10.1 Å². The molecule has 0 aliphatic heterocycles. The van der Waals surface area contributed by atoms with Crippen molar-refractivity contribution in [1.82, 2.24) is 0 Å².